The summed E-state index contributed by atoms with van der Waals surface area (Å²) < 4.78 is 47.6. The molecule has 1 aliphatic heterocycles. The highest BCUT2D eigenvalue weighted by molar-refractivity contribution is 5.94. The molecule has 0 saturated carbocycles. The molecule has 0 fully saturated rings. The van der Waals surface area contributed by atoms with Crippen LogP contribution >= 0.6 is 0 Å². The summed E-state index contributed by atoms with van der Waals surface area (Å²) in [6.45, 7) is -1.74. The second kappa shape index (κ2) is 7.23. The Morgan fingerprint density at radius 1 is 1.36 bits per heavy atom. The normalized spacial score (nSPS) is 16.4. The first kappa shape index (κ1) is 17.4. The molecular weight excluding hydrogens is 335 g/mol. The number of carbonyl (C=O) groups excluding carboxylic acids is 1. The minimum Gasteiger partial charge on any atom is -0.472 e. The maximum atomic E-state index is 13.2. The number of hydrogen-bond donors (Lipinski definition) is 0. The third-order valence-electron chi connectivity index (χ3n) is 4.00. The molecule has 7 heteroatoms. The average molecular weight is 351 g/mol. The lowest BCUT2D eigenvalue weighted by molar-refractivity contribution is -0.146. The van der Waals surface area contributed by atoms with Crippen molar-refractivity contribution in [2.24, 2.45) is 0 Å². The Morgan fingerprint density at radius 2 is 2.08 bits per heavy atom. The standard InChI is InChI=1S/C18H16F3NO3/c1-10(23)16-8-15(11-2-4-12(19)5-3-11)14-7-6-13(9-24-18(20)21)25-17(14)22-16/h2-5,8,13,18H,6-7,9H2,1H3/t13-/m1/s1. The molecule has 2 aromatic rings. The van der Waals surface area contributed by atoms with E-state index in [9.17, 15) is 18.0 Å². The smallest absolute Gasteiger partial charge is 0.345 e. The maximum Gasteiger partial charge on any atom is 0.345 e. The predicted octanol–water partition coefficient (Wildman–Crippen LogP) is 4.02. The first-order valence-corrected chi connectivity index (χ1v) is 7.81. The minimum absolute atomic E-state index is 0.202. The molecule has 3 rings (SSSR count). The van der Waals surface area contributed by atoms with Crippen molar-refractivity contribution in [1.29, 1.82) is 0 Å². The van der Waals surface area contributed by atoms with Crippen molar-refractivity contribution in [3.05, 3.63) is 47.4 Å². The lowest BCUT2D eigenvalue weighted by atomic mass is 9.94. The van der Waals surface area contributed by atoms with Gasteiger partial charge in [-0.15, -0.1) is 0 Å². The fourth-order valence-corrected chi connectivity index (χ4v) is 2.77. The monoisotopic (exact) mass is 351 g/mol. The zero-order valence-corrected chi connectivity index (χ0v) is 13.5. The summed E-state index contributed by atoms with van der Waals surface area (Å²) in [4.78, 5) is 16.0. The molecule has 1 aliphatic rings. The van der Waals surface area contributed by atoms with E-state index in [2.05, 4.69) is 9.72 Å². The molecule has 0 bridgehead atoms. The number of ether oxygens (including phenoxy) is 2. The predicted molar refractivity (Wildman–Crippen MR) is 84.3 cm³/mol. The molecule has 0 N–H and O–H groups in total. The first-order chi connectivity index (χ1) is 11.9. The topological polar surface area (TPSA) is 48.4 Å². The van der Waals surface area contributed by atoms with Gasteiger partial charge in [0.25, 0.3) is 0 Å². The number of nitrogens with zero attached hydrogens (tertiary/aromatic N) is 1. The van der Waals surface area contributed by atoms with Gasteiger partial charge in [0.1, 0.15) is 17.6 Å². The van der Waals surface area contributed by atoms with Crippen LogP contribution in [0.1, 0.15) is 29.4 Å². The number of benzene rings is 1. The molecule has 132 valence electrons. The van der Waals surface area contributed by atoms with Crippen LogP contribution in [0.2, 0.25) is 0 Å². The van der Waals surface area contributed by atoms with Crippen molar-refractivity contribution in [2.75, 3.05) is 6.61 Å². The summed E-state index contributed by atoms with van der Waals surface area (Å²) >= 11 is 0. The number of carbonyl (C=O) groups is 1. The Morgan fingerprint density at radius 3 is 2.72 bits per heavy atom. The zero-order chi connectivity index (χ0) is 18.0. The molecule has 0 unspecified atom stereocenters. The van der Waals surface area contributed by atoms with E-state index in [-0.39, 0.29) is 29.8 Å². The van der Waals surface area contributed by atoms with Crippen LogP contribution in [0.3, 0.4) is 0 Å². The van der Waals surface area contributed by atoms with Crippen molar-refractivity contribution < 1.29 is 27.4 Å². The van der Waals surface area contributed by atoms with Crippen molar-refractivity contribution >= 4 is 5.78 Å². The number of fused-ring (bicyclic) bond motifs is 1. The van der Waals surface area contributed by atoms with Gasteiger partial charge >= 0.3 is 6.61 Å². The number of aromatic nitrogens is 1. The molecular formula is C18H16F3NO3. The summed E-state index contributed by atoms with van der Waals surface area (Å²) in [7, 11) is 0. The van der Waals surface area contributed by atoms with Gasteiger partial charge in [-0.2, -0.15) is 8.78 Å². The van der Waals surface area contributed by atoms with Gasteiger partial charge in [0.15, 0.2) is 5.78 Å². The highest BCUT2D eigenvalue weighted by Gasteiger charge is 2.26. The van der Waals surface area contributed by atoms with Gasteiger partial charge < -0.3 is 9.47 Å². The second-order valence-electron chi connectivity index (χ2n) is 5.77. The molecule has 0 amide bonds. The van der Waals surface area contributed by atoms with E-state index >= 15 is 0 Å². The molecule has 1 aromatic heterocycles. The van der Waals surface area contributed by atoms with Gasteiger partial charge in [-0.1, -0.05) is 12.1 Å². The van der Waals surface area contributed by atoms with Gasteiger partial charge in [0.05, 0.1) is 6.61 Å². The van der Waals surface area contributed by atoms with Crippen LogP contribution in [-0.2, 0) is 11.2 Å². The summed E-state index contributed by atoms with van der Waals surface area (Å²) in [5.74, 6) is -0.374. The molecule has 1 aromatic carbocycles. The highest BCUT2D eigenvalue weighted by Crippen LogP contribution is 2.35. The molecule has 0 aliphatic carbocycles. The van der Waals surface area contributed by atoms with E-state index in [1.54, 1.807) is 18.2 Å². The van der Waals surface area contributed by atoms with Crippen molar-refractivity contribution in [3.63, 3.8) is 0 Å². The summed E-state index contributed by atoms with van der Waals surface area (Å²) in [5, 5.41) is 0. The van der Waals surface area contributed by atoms with Crippen molar-refractivity contribution in [2.45, 2.75) is 32.5 Å². The number of pyridine rings is 1. The molecule has 4 nitrogen and oxygen atoms in total. The van der Waals surface area contributed by atoms with E-state index < -0.39 is 12.7 Å². The molecule has 1 atom stereocenters. The fourth-order valence-electron chi connectivity index (χ4n) is 2.77. The Hall–Kier alpha value is -2.41. The summed E-state index contributed by atoms with van der Waals surface area (Å²) in [6, 6.07) is 7.53. The number of ketones is 1. The van der Waals surface area contributed by atoms with Crippen LogP contribution in [-0.4, -0.2) is 30.1 Å². The Balaban J connectivity index is 1.97. The molecule has 25 heavy (non-hydrogen) atoms. The summed E-state index contributed by atoms with van der Waals surface area (Å²) in [6.07, 6.45) is 0.455. The van der Waals surface area contributed by atoms with E-state index in [4.69, 9.17) is 4.74 Å². The largest absolute Gasteiger partial charge is 0.472 e. The maximum absolute atomic E-state index is 13.2. The third-order valence-corrected chi connectivity index (χ3v) is 4.00. The average Bonchev–Trinajstić information content (AvgIpc) is 2.59. The molecule has 0 radical (unpaired) electrons. The third kappa shape index (κ3) is 3.99. The van der Waals surface area contributed by atoms with Crippen LogP contribution in [0.4, 0.5) is 13.2 Å². The number of Topliss-reactive ketones (excluding diaryl/α,β-unsaturated/α-hetero) is 1. The van der Waals surface area contributed by atoms with Crippen LogP contribution in [0, 0.1) is 5.82 Å². The lowest BCUT2D eigenvalue weighted by Gasteiger charge is -2.27. The Labute approximate surface area is 142 Å². The molecule has 2 heterocycles. The van der Waals surface area contributed by atoms with Crippen LogP contribution in [0.15, 0.2) is 30.3 Å². The van der Waals surface area contributed by atoms with Gasteiger partial charge in [0.2, 0.25) is 5.88 Å². The number of rotatable bonds is 5. The van der Waals surface area contributed by atoms with E-state index in [1.165, 1.54) is 19.1 Å². The minimum atomic E-state index is -2.86. The number of halogens is 3. The van der Waals surface area contributed by atoms with Gasteiger partial charge in [-0.3, -0.25) is 4.79 Å². The fraction of sp³-hybridized carbons (Fsp3) is 0.333. The number of hydrogen-bond acceptors (Lipinski definition) is 4. The van der Waals surface area contributed by atoms with Crippen LogP contribution < -0.4 is 4.74 Å². The Kier molecular flexibility index (Phi) is 5.03. The summed E-state index contributed by atoms with van der Waals surface area (Å²) in [5.41, 5.74) is 2.43. The van der Waals surface area contributed by atoms with Gasteiger partial charge in [0, 0.05) is 12.5 Å². The van der Waals surface area contributed by atoms with E-state index in [1.807, 2.05) is 0 Å². The van der Waals surface area contributed by atoms with Gasteiger partial charge in [-0.05, 0) is 42.2 Å². The van der Waals surface area contributed by atoms with Crippen LogP contribution in [0.5, 0.6) is 5.88 Å². The van der Waals surface area contributed by atoms with E-state index in [0.717, 1.165) is 16.7 Å². The van der Waals surface area contributed by atoms with Crippen molar-refractivity contribution in [1.82, 2.24) is 4.98 Å². The van der Waals surface area contributed by atoms with Crippen LogP contribution in [0.25, 0.3) is 11.1 Å². The van der Waals surface area contributed by atoms with Gasteiger partial charge in [-0.25, -0.2) is 9.37 Å². The first-order valence-electron chi connectivity index (χ1n) is 7.81. The highest BCUT2D eigenvalue weighted by atomic mass is 19.3. The zero-order valence-electron chi connectivity index (χ0n) is 13.5. The Bertz CT molecular complexity index is 778. The number of alkyl halides is 2. The second-order valence-corrected chi connectivity index (χ2v) is 5.77. The van der Waals surface area contributed by atoms with Crippen molar-refractivity contribution in [3.8, 4) is 17.0 Å². The molecule has 0 spiro atoms. The lowest BCUT2D eigenvalue weighted by Crippen LogP contribution is -2.29. The quantitative estimate of drug-likeness (QED) is 0.764. The molecule has 0 saturated heterocycles. The SMILES string of the molecule is CC(=O)c1cc(-c2ccc(F)cc2)c2c(n1)O[C@@H](COC(F)F)CC2. The van der Waals surface area contributed by atoms with E-state index in [0.29, 0.717) is 12.8 Å².